The lowest BCUT2D eigenvalue weighted by Crippen LogP contribution is -2.42. The lowest BCUT2D eigenvalue weighted by Gasteiger charge is -2.31. The number of rotatable bonds is 5. The van der Waals surface area contributed by atoms with E-state index in [2.05, 4.69) is 34.3 Å². The highest BCUT2D eigenvalue weighted by Crippen LogP contribution is 2.13. The van der Waals surface area contributed by atoms with E-state index in [0.29, 0.717) is 6.04 Å². The lowest BCUT2D eigenvalue weighted by atomic mass is 10.1. The molecule has 1 aliphatic heterocycles. The molecule has 0 amide bonds. The fourth-order valence-corrected chi connectivity index (χ4v) is 2.82. The highest BCUT2D eigenvalue weighted by Gasteiger charge is 2.17. The van der Waals surface area contributed by atoms with Crippen LogP contribution in [0.15, 0.2) is 30.2 Å². The van der Waals surface area contributed by atoms with E-state index in [1.807, 2.05) is 17.4 Å². The fraction of sp³-hybridized carbons (Fsp3) is 0.538. The molecule has 1 N–H and O–H groups in total. The molecule has 0 spiro atoms. The zero-order valence-electron chi connectivity index (χ0n) is 9.69. The van der Waals surface area contributed by atoms with Crippen LogP contribution in [0.3, 0.4) is 0 Å². The van der Waals surface area contributed by atoms with Gasteiger partial charge in [0.15, 0.2) is 0 Å². The summed E-state index contributed by atoms with van der Waals surface area (Å²) in [5.41, 5.74) is 0. The molecule has 0 atom stereocenters. The fourth-order valence-electron chi connectivity index (χ4n) is 2.16. The van der Waals surface area contributed by atoms with Gasteiger partial charge >= 0.3 is 0 Å². The first-order valence-electron chi connectivity index (χ1n) is 5.97. The summed E-state index contributed by atoms with van der Waals surface area (Å²) in [5.74, 6) is 0. The van der Waals surface area contributed by atoms with Crippen LogP contribution in [-0.2, 0) is 6.54 Å². The van der Waals surface area contributed by atoms with Crippen LogP contribution in [0.1, 0.15) is 17.7 Å². The summed E-state index contributed by atoms with van der Waals surface area (Å²) in [4.78, 5) is 3.91. The van der Waals surface area contributed by atoms with Gasteiger partial charge in [-0.1, -0.05) is 12.1 Å². The molecule has 0 aromatic carbocycles. The van der Waals surface area contributed by atoms with E-state index in [0.717, 1.165) is 13.1 Å². The van der Waals surface area contributed by atoms with Crippen LogP contribution in [0.5, 0.6) is 0 Å². The first-order valence-corrected chi connectivity index (χ1v) is 6.85. The number of nitrogens with zero attached hydrogens (tertiary/aromatic N) is 1. The number of thiophene rings is 1. The SMILES string of the molecule is C=CCN1CCC(NCc2cccs2)CC1. The maximum absolute atomic E-state index is 3.79. The van der Waals surface area contributed by atoms with Crippen molar-refractivity contribution in [2.45, 2.75) is 25.4 Å². The minimum Gasteiger partial charge on any atom is -0.309 e. The maximum atomic E-state index is 3.79. The second kappa shape index (κ2) is 6.18. The van der Waals surface area contributed by atoms with Crippen molar-refractivity contribution in [3.05, 3.63) is 35.0 Å². The first-order chi connectivity index (χ1) is 7.88. The van der Waals surface area contributed by atoms with Gasteiger partial charge in [0.25, 0.3) is 0 Å². The van der Waals surface area contributed by atoms with Crippen molar-refractivity contribution in [1.82, 2.24) is 10.2 Å². The summed E-state index contributed by atoms with van der Waals surface area (Å²) in [6, 6.07) is 5.02. The molecule has 1 aliphatic rings. The minimum absolute atomic E-state index is 0.697. The van der Waals surface area contributed by atoms with Gasteiger partial charge in [-0.25, -0.2) is 0 Å². The third kappa shape index (κ3) is 3.44. The van der Waals surface area contributed by atoms with Crippen LogP contribution in [-0.4, -0.2) is 30.6 Å². The maximum Gasteiger partial charge on any atom is 0.0302 e. The first kappa shape index (κ1) is 11.8. The zero-order chi connectivity index (χ0) is 11.2. The lowest BCUT2D eigenvalue weighted by molar-refractivity contribution is 0.215. The predicted molar refractivity (Wildman–Crippen MR) is 70.8 cm³/mol. The highest BCUT2D eigenvalue weighted by molar-refractivity contribution is 7.09. The second-order valence-corrected chi connectivity index (χ2v) is 5.36. The molecular formula is C13H20N2S. The highest BCUT2D eigenvalue weighted by atomic mass is 32.1. The summed E-state index contributed by atoms with van der Waals surface area (Å²) in [6.45, 7) is 8.26. The predicted octanol–water partition coefficient (Wildman–Crippen LogP) is 2.49. The van der Waals surface area contributed by atoms with E-state index in [-0.39, 0.29) is 0 Å². The number of likely N-dealkylation sites (tertiary alicyclic amines) is 1. The van der Waals surface area contributed by atoms with Crippen LogP contribution < -0.4 is 5.32 Å². The largest absolute Gasteiger partial charge is 0.309 e. The third-order valence-electron chi connectivity index (χ3n) is 3.12. The number of nitrogens with one attached hydrogen (secondary N) is 1. The monoisotopic (exact) mass is 236 g/mol. The Hall–Kier alpha value is -0.640. The molecule has 3 heteroatoms. The molecule has 1 aromatic rings. The molecule has 0 aliphatic carbocycles. The third-order valence-corrected chi connectivity index (χ3v) is 4.00. The van der Waals surface area contributed by atoms with Gasteiger partial charge in [0.2, 0.25) is 0 Å². The van der Waals surface area contributed by atoms with Gasteiger partial charge in [0, 0.05) is 24.0 Å². The smallest absolute Gasteiger partial charge is 0.0302 e. The van der Waals surface area contributed by atoms with Crippen molar-refractivity contribution in [1.29, 1.82) is 0 Å². The molecule has 2 nitrogen and oxygen atoms in total. The zero-order valence-corrected chi connectivity index (χ0v) is 10.5. The van der Waals surface area contributed by atoms with Crippen molar-refractivity contribution in [2.24, 2.45) is 0 Å². The second-order valence-electron chi connectivity index (χ2n) is 4.32. The van der Waals surface area contributed by atoms with Gasteiger partial charge < -0.3 is 5.32 Å². The molecule has 88 valence electrons. The summed E-state index contributed by atoms with van der Waals surface area (Å²) < 4.78 is 0. The van der Waals surface area contributed by atoms with Gasteiger partial charge in [-0.2, -0.15) is 0 Å². The Morgan fingerprint density at radius 3 is 2.94 bits per heavy atom. The van der Waals surface area contributed by atoms with Crippen molar-refractivity contribution in [2.75, 3.05) is 19.6 Å². The Morgan fingerprint density at radius 2 is 2.31 bits per heavy atom. The summed E-state index contributed by atoms with van der Waals surface area (Å²) in [5, 5.41) is 5.79. The van der Waals surface area contributed by atoms with E-state index in [9.17, 15) is 0 Å². The Morgan fingerprint density at radius 1 is 1.50 bits per heavy atom. The molecule has 1 fully saturated rings. The van der Waals surface area contributed by atoms with Crippen LogP contribution >= 0.6 is 11.3 Å². The van der Waals surface area contributed by atoms with Crippen LogP contribution in [0.2, 0.25) is 0 Å². The van der Waals surface area contributed by atoms with E-state index in [4.69, 9.17) is 0 Å². The molecule has 2 rings (SSSR count). The molecule has 0 bridgehead atoms. The molecule has 1 saturated heterocycles. The summed E-state index contributed by atoms with van der Waals surface area (Å²) in [6.07, 6.45) is 4.53. The van der Waals surface area contributed by atoms with Crippen LogP contribution in [0, 0.1) is 0 Å². The molecule has 0 radical (unpaired) electrons. The molecule has 16 heavy (non-hydrogen) atoms. The average molecular weight is 236 g/mol. The average Bonchev–Trinajstić information content (AvgIpc) is 2.82. The van der Waals surface area contributed by atoms with Crippen LogP contribution in [0.25, 0.3) is 0 Å². The van der Waals surface area contributed by atoms with E-state index in [1.165, 1.54) is 30.8 Å². The molecular weight excluding hydrogens is 216 g/mol. The van der Waals surface area contributed by atoms with E-state index >= 15 is 0 Å². The normalized spacial score (nSPS) is 18.8. The molecule has 0 saturated carbocycles. The Balaban J connectivity index is 1.67. The quantitative estimate of drug-likeness (QED) is 0.790. The van der Waals surface area contributed by atoms with E-state index in [1.54, 1.807) is 0 Å². The van der Waals surface area contributed by atoms with Crippen molar-refractivity contribution in [3.63, 3.8) is 0 Å². The molecule has 0 unspecified atom stereocenters. The Kier molecular flexibility index (Phi) is 4.57. The van der Waals surface area contributed by atoms with Gasteiger partial charge in [0.05, 0.1) is 0 Å². The van der Waals surface area contributed by atoms with Crippen molar-refractivity contribution >= 4 is 11.3 Å². The number of hydrogen-bond acceptors (Lipinski definition) is 3. The minimum atomic E-state index is 0.697. The van der Waals surface area contributed by atoms with Crippen LogP contribution in [0.4, 0.5) is 0 Å². The number of hydrogen-bond donors (Lipinski definition) is 1. The molecule has 1 aromatic heterocycles. The van der Waals surface area contributed by atoms with E-state index < -0.39 is 0 Å². The topological polar surface area (TPSA) is 15.3 Å². The summed E-state index contributed by atoms with van der Waals surface area (Å²) >= 11 is 1.83. The Labute approximate surface area is 102 Å². The summed E-state index contributed by atoms with van der Waals surface area (Å²) in [7, 11) is 0. The van der Waals surface area contributed by atoms with Gasteiger partial charge in [0.1, 0.15) is 0 Å². The van der Waals surface area contributed by atoms with Gasteiger partial charge in [-0.05, 0) is 37.4 Å². The standard InChI is InChI=1S/C13H20N2S/c1-2-7-15-8-5-12(6-9-15)14-11-13-4-3-10-16-13/h2-4,10,12,14H,1,5-9,11H2. The Bertz CT molecular complexity index is 300. The van der Waals surface area contributed by atoms with Crippen molar-refractivity contribution in [3.8, 4) is 0 Å². The van der Waals surface area contributed by atoms with Crippen molar-refractivity contribution < 1.29 is 0 Å². The number of piperidine rings is 1. The van der Waals surface area contributed by atoms with Gasteiger partial charge in [-0.15, -0.1) is 17.9 Å². The molecule has 2 heterocycles. The van der Waals surface area contributed by atoms with Gasteiger partial charge in [-0.3, -0.25) is 4.90 Å².